The maximum atomic E-state index is 14.3. The summed E-state index contributed by atoms with van der Waals surface area (Å²) < 4.78 is 30.5. The third kappa shape index (κ3) is 5.90. The zero-order valence-corrected chi connectivity index (χ0v) is 18.9. The second-order valence-electron chi connectivity index (χ2n) is 7.70. The molecule has 8 heteroatoms. The Bertz CT molecular complexity index is 1270. The quantitative estimate of drug-likeness (QED) is 0.278. The Hall–Kier alpha value is -3.39. The number of thioether (sulfide) groups is 1. The first-order valence-corrected chi connectivity index (χ1v) is 11.4. The molecule has 0 aliphatic rings. The van der Waals surface area contributed by atoms with Gasteiger partial charge < -0.3 is 4.57 Å². The van der Waals surface area contributed by atoms with E-state index >= 15 is 0 Å². The molecule has 0 unspecified atom stereocenters. The molecule has 4 aromatic rings. The molecule has 2 heterocycles. The number of nitrogens with zero attached hydrogens (tertiary/aromatic N) is 4. The van der Waals surface area contributed by atoms with Gasteiger partial charge in [-0.1, -0.05) is 42.1 Å². The van der Waals surface area contributed by atoms with Gasteiger partial charge in [0.25, 0.3) is 5.56 Å². The lowest BCUT2D eigenvalue weighted by Gasteiger charge is -2.14. The van der Waals surface area contributed by atoms with Crippen molar-refractivity contribution in [1.29, 1.82) is 0 Å². The summed E-state index contributed by atoms with van der Waals surface area (Å²) in [5, 5.41) is 0.420. The van der Waals surface area contributed by atoms with Crippen molar-refractivity contribution in [2.45, 2.75) is 37.2 Å². The molecule has 2 aromatic heterocycles. The SMILES string of the molecule is Cc1cc(F)c(CSc2nc(=O)c(Cc3cncnc3)cn2CCc2ccccc2)c(F)c1. The van der Waals surface area contributed by atoms with Crippen molar-refractivity contribution < 1.29 is 8.78 Å². The Kier molecular flexibility index (Phi) is 7.24. The zero-order chi connectivity index (χ0) is 23.2. The van der Waals surface area contributed by atoms with E-state index in [1.807, 2.05) is 34.9 Å². The van der Waals surface area contributed by atoms with E-state index in [1.54, 1.807) is 25.5 Å². The molecule has 0 radical (unpaired) electrons. The summed E-state index contributed by atoms with van der Waals surface area (Å²) in [6.45, 7) is 2.21. The van der Waals surface area contributed by atoms with Crippen LogP contribution in [-0.4, -0.2) is 19.5 Å². The lowest BCUT2D eigenvalue weighted by Crippen LogP contribution is -2.20. The minimum Gasteiger partial charge on any atom is -0.327 e. The Morgan fingerprint density at radius 1 is 1.00 bits per heavy atom. The smallest absolute Gasteiger partial charge is 0.277 e. The number of hydrogen-bond donors (Lipinski definition) is 0. The van der Waals surface area contributed by atoms with Crippen LogP contribution in [0.1, 0.15) is 27.8 Å². The van der Waals surface area contributed by atoms with Gasteiger partial charge in [-0.3, -0.25) is 4.79 Å². The van der Waals surface area contributed by atoms with E-state index in [1.165, 1.54) is 18.5 Å². The van der Waals surface area contributed by atoms with Crippen LogP contribution in [-0.2, 0) is 25.1 Å². The summed E-state index contributed by atoms with van der Waals surface area (Å²) >= 11 is 1.15. The Labute approximate surface area is 194 Å². The molecule has 0 saturated carbocycles. The van der Waals surface area contributed by atoms with Crippen molar-refractivity contribution in [2.24, 2.45) is 0 Å². The maximum absolute atomic E-state index is 14.3. The fraction of sp³-hybridized carbons (Fsp3) is 0.200. The second-order valence-corrected chi connectivity index (χ2v) is 8.64. The number of halogens is 2. The predicted octanol–water partition coefficient (Wildman–Crippen LogP) is 4.75. The van der Waals surface area contributed by atoms with Crippen molar-refractivity contribution in [2.75, 3.05) is 0 Å². The van der Waals surface area contributed by atoms with Crippen molar-refractivity contribution in [3.8, 4) is 0 Å². The van der Waals surface area contributed by atoms with Crippen LogP contribution in [0.15, 0.2) is 77.3 Å². The summed E-state index contributed by atoms with van der Waals surface area (Å²) in [6.07, 6.45) is 7.60. The van der Waals surface area contributed by atoms with E-state index in [-0.39, 0.29) is 16.9 Å². The average Bonchev–Trinajstić information content (AvgIpc) is 2.80. The highest BCUT2D eigenvalue weighted by Crippen LogP contribution is 2.25. The van der Waals surface area contributed by atoms with E-state index in [0.29, 0.717) is 29.2 Å². The third-order valence-electron chi connectivity index (χ3n) is 5.15. The minimum absolute atomic E-state index is 0.0278. The van der Waals surface area contributed by atoms with Crippen molar-refractivity contribution in [3.05, 3.63) is 117 Å². The molecule has 0 aliphatic heterocycles. The van der Waals surface area contributed by atoms with Crippen LogP contribution in [0.4, 0.5) is 8.78 Å². The second kappa shape index (κ2) is 10.5. The fourth-order valence-electron chi connectivity index (χ4n) is 3.46. The van der Waals surface area contributed by atoms with Gasteiger partial charge >= 0.3 is 0 Å². The van der Waals surface area contributed by atoms with E-state index in [0.717, 1.165) is 29.3 Å². The average molecular weight is 465 g/mol. The lowest BCUT2D eigenvalue weighted by molar-refractivity contribution is 0.563. The molecule has 0 aliphatic carbocycles. The molecule has 5 nitrogen and oxygen atoms in total. The largest absolute Gasteiger partial charge is 0.327 e. The van der Waals surface area contributed by atoms with Gasteiger partial charge in [-0.2, -0.15) is 4.98 Å². The summed E-state index contributed by atoms with van der Waals surface area (Å²) in [5.74, 6) is -1.17. The van der Waals surface area contributed by atoms with Crippen LogP contribution in [0.2, 0.25) is 0 Å². The lowest BCUT2D eigenvalue weighted by atomic mass is 10.1. The van der Waals surface area contributed by atoms with Gasteiger partial charge in [0, 0.05) is 48.4 Å². The third-order valence-corrected chi connectivity index (χ3v) is 6.17. The number of aromatic nitrogens is 4. The summed E-state index contributed by atoms with van der Waals surface area (Å²) in [6, 6.07) is 12.6. The normalized spacial score (nSPS) is 11.0. The standard InChI is InChI=1S/C25H22F2N4OS/c1-17-9-22(26)21(23(27)10-17)15-33-25-30-24(32)20(11-19-12-28-16-29-13-19)14-31(25)8-7-18-5-3-2-4-6-18/h2-6,9-10,12-14,16H,7-8,11,15H2,1H3. The van der Waals surface area contributed by atoms with Crippen molar-refractivity contribution in [3.63, 3.8) is 0 Å². The molecule has 4 rings (SSSR count). The predicted molar refractivity (Wildman–Crippen MR) is 124 cm³/mol. The first-order valence-electron chi connectivity index (χ1n) is 10.4. The van der Waals surface area contributed by atoms with Gasteiger partial charge in [-0.05, 0) is 42.2 Å². The highest BCUT2D eigenvalue weighted by Gasteiger charge is 2.15. The Balaban J connectivity index is 1.62. The zero-order valence-electron chi connectivity index (χ0n) is 18.0. The van der Waals surface area contributed by atoms with Crippen LogP contribution >= 0.6 is 11.8 Å². The van der Waals surface area contributed by atoms with Crippen LogP contribution < -0.4 is 5.56 Å². The number of hydrogen-bond acceptors (Lipinski definition) is 5. The van der Waals surface area contributed by atoms with E-state index in [9.17, 15) is 13.6 Å². The number of benzene rings is 2. The monoisotopic (exact) mass is 464 g/mol. The molecule has 0 N–H and O–H groups in total. The van der Waals surface area contributed by atoms with Crippen LogP contribution in [0, 0.1) is 18.6 Å². The molecule has 168 valence electrons. The van der Waals surface area contributed by atoms with Gasteiger partial charge in [0.1, 0.15) is 18.0 Å². The first-order chi connectivity index (χ1) is 16.0. The molecule has 33 heavy (non-hydrogen) atoms. The van der Waals surface area contributed by atoms with Crippen molar-refractivity contribution >= 4 is 11.8 Å². The Morgan fingerprint density at radius 2 is 1.70 bits per heavy atom. The molecular weight excluding hydrogens is 442 g/mol. The molecule has 0 saturated heterocycles. The van der Waals surface area contributed by atoms with Gasteiger partial charge in [0.2, 0.25) is 0 Å². The van der Waals surface area contributed by atoms with Crippen LogP contribution in [0.3, 0.4) is 0 Å². The van der Waals surface area contributed by atoms with Gasteiger partial charge in [0.05, 0.1) is 0 Å². The van der Waals surface area contributed by atoms with Gasteiger partial charge in [-0.25, -0.2) is 18.7 Å². The van der Waals surface area contributed by atoms with Crippen LogP contribution in [0.5, 0.6) is 0 Å². The van der Waals surface area contributed by atoms with Gasteiger partial charge in [-0.15, -0.1) is 0 Å². The fourth-order valence-corrected chi connectivity index (χ4v) is 4.46. The summed E-state index contributed by atoms with van der Waals surface area (Å²) in [5.41, 5.74) is 2.57. The number of aryl methyl sites for hydroxylation is 3. The molecule has 0 fully saturated rings. The number of rotatable bonds is 8. The van der Waals surface area contributed by atoms with E-state index in [4.69, 9.17) is 0 Å². The highest BCUT2D eigenvalue weighted by atomic mass is 32.2. The highest BCUT2D eigenvalue weighted by molar-refractivity contribution is 7.98. The summed E-state index contributed by atoms with van der Waals surface area (Å²) in [7, 11) is 0. The summed E-state index contributed by atoms with van der Waals surface area (Å²) in [4.78, 5) is 25.0. The Morgan fingerprint density at radius 3 is 2.39 bits per heavy atom. The molecule has 0 bridgehead atoms. The molecule has 0 atom stereocenters. The van der Waals surface area contributed by atoms with Crippen LogP contribution in [0.25, 0.3) is 0 Å². The van der Waals surface area contributed by atoms with E-state index < -0.39 is 11.6 Å². The first kappa shape index (κ1) is 22.8. The van der Waals surface area contributed by atoms with E-state index in [2.05, 4.69) is 15.0 Å². The van der Waals surface area contributed by atoms with Gasteiger partial charge in [0.15, 0.2) is 5.16 Å². The topological polar surface area (TPSA) is 60.7 Å². The molecular formula is C25H22F2N4OS. The minimum atomic E-state index is -0.598. The molecule has 0 spiro atoms. The van der Waals surface area contributed by atoms with Crippen molar-refractivity contribution in [1.82, 2.24) is 19.5 Å². The molecule has 0 amide bonds. The maximum Gasteiger partial charge on any atom is 0.277 e. The molecule has 2 aromatic carbocycles.